The van der Waals surface area contributed by atoms with E-state index in [-0.39, 0.29) is 31.2 Å². The van der Waals surface area contributed by atoms with Crippen LogP contribution in [0.4, 0.5) is 9.59 Å². The van der Waals surface area contributed by atoms with Gasteiger partial charge in [-0.05, 0) is 64.0 Å². The number of ketones is 1. The Morgan fingerprint density at radius 3 is 2.11 bits per heavy atom. The van der Waals surface area contributed by atoms with Crippen LogP contribution >= 0.6 is 0 Å². The highest BCUT2D eigenvalue weighted by molar-refractivity contribution is 6.05. The Bertz CT molecular complexity index is 1690. The van der Waals surface area contributed by atoms with E-state index in [4.69, 9.17) is 4.74 Å². The van der Waals surface area contributed by atoms with Gasteiger partial charge in [-0.3, -0.25) is 24.0 Å². The topological polar surface area (TPSA) is 204 Å². The van der Waals surface area contributed by atoms with Crippen molar-refractivity contribution in [2.24, 2.45) is 5.92 Å². The van der Waals surface area contributed by atoms with E-state index in [2.05, 4.69) is 21.3 Å². The first kappa shape index (κ1) is 43.4. The van der Waals surface area contributed by atoms with Crippen LogP contribution < -0.4 is 21.3 Å². The predicted molar refractivity (Wildman–Crippen MR) is 206 cm³/mol. The number of urea groups is 1. The van der Waals surface area contributed by atoms with Crippen molar-refractivity contribution in [3.05, 3.63) is 71.8 Å². The minimum Gasteiger partial charge on any atom is -0.444 e. The smallest absolute Gasteiger partial charge is 0.408 e. The average Bonchev–Trinajstić information content (AvgIpc) is 3.49. The second-order valence-electron chi connectivity index (χ2n) is 15.5. The van der Waals surface area contributed by atoms with Gasteiger partial charge in [-0.15, -0.1) is 0 Å². The van der Waals surface area contributed by atoms with Gasteiger partial charge in [0.15, 0.2) is 11.9 Å². The first-order valence-electron chi connectivity index (χ1n) is 19.4. The number of alkyl carbamates (subject to hydrolysis) is 1. The van der Waals surface area contributed by atoms with E-state index in [0.29, 0.717) is 24.8 Å². The van der Waals surface area contributed by atoms with Crippen LogP contribution in [0.25, 0.3) is 0 Å². The lowest BCUT2D eigenvalue weighted by atomic mass is 9.83. The maximum absolute atomic E-state index is 14.5. The monoisotopic (exact) mass is 776 g/mol. The number of hydrogen-bond donors (Lipinski definition) is 5. The molecule has 7 amide bonds. The molecule has 2 aromatic carbocycles. The lowest BCUT2D eigenvalue weighted by molar-refractivity contribution is -0.140. The molecule has 0 spiro atoms. The first-order valence-corrected chi connectivity index (χ1v) is 19.4. The molecule has 304 valence electrons. The Balaban J connectivity index is 1.53. The molecule has 0 aromatic heterocycles. The van der Waals surface area contributed by atoms with Crippen molar-refractivity contribution in [1.29, 1.82) is 0 Å². The van der Waals surface area contributed by atoms with E-state index in [1.807, 2.05) is 30.3 Å². The van der Waals surface area contributed by atoms with Crippen LogP contribution in [0.2, 0.25) is 0 Å². The molecule has 2 fully saturated rings. The Labute approximate surface area is 328 Å². The van der Waals surface area contributed by atoms with Gasteiger partial charge in [-0.2, -0.15) is 0 Å². The lowest BCUT2D eigenvalue weighted by Gasteiger charge is -2.34. The molecule has 1 saturated heterocycles. The van der Waals surface area contributed by atoms with Gasteiger partial charge in [0, 0.05) is 6.54 Å². The molecule has 2 aliphatic rings. The highest BCUT2D eigenvalue weighted by Gasteiger charge is 2.49. The van der Waals surface area contributed by atoms with Crippen molar-refractivity contribution in [2.75, 3.05) is 13.1 Å². The molecule has 5 N–H and O–H groups in total. The molecule has 1 aliphatic heterocycles. The summed E-state index contributed by atoms with van der Waals surface area (Å²) in [6, 6.07) is 12.3. The fraction of sp³-hybridized carbons (Fsp3) is 0.537. The molecular formula is C41H56N6O9. The van der Waals surface area contributed by atoms with Crippen molar-refractivity contribution in [1.82, 2.24) is 31.1 Å². The van der Waals surface area contributed by atoms with Gasteiger partial charge in [-0.25, -0.2) is 14.5 Å². The standard InChI is InChI=1S/C41H56N6O9/c1-6-16-30(35(50)37(52)42-23-32(49)44-33(26(2)48)28-19-12-8-13-20-28)43-36(51)31-25-46(24-27-17-10-7-11-18-27)40(55)47(31)38(53)34(29-21-14-9-15-22-29)45-39(54)56-41(3,4)5/h7-8,10-13,17-20,29-31,33-35,50H,6,9,14-16,21-25H2,1-5H3,(H,42,52)(H,43,51)(H,44,49)(H,45,54). The molecule has 15 nitrogen and oxygen atoms in total. The molecule has 1 saturated carbocycles. The normalized spacial score (nSPS) is 18.2. The van der Waals surface area contributed by atoms with E-state index in [1.165, 1.54) is 11.8 Å². The number of aliphatic hydroxyl groups is 1. The summed E-state index contributed by atoms with van der Waals surface area (Å²) < 4.78 is 5.48. The zero-order valence-corrected chi connectivity index (χ0v) is 32.9. The number of ether oxygens (including phenoxy) is 1. The fourth-order valence-electron chi connectivity index (χ4n) is 7.10. The summed E-state index contributed by atoms with van der Waals surface area (Å²) in [5.41, 5.74) is 0.479. The van der Waals surface area contributed by atoms with Crippen LogP contribution in [0.1, 0.15) is 96.7 Å². The summed E-state index contributed by atoms with van der Waals surface area (Å²) in [5.74, 6) is -3.77. The number of rotatable bonds is 16. The van der Waals surface area contributed by atoms with Crippen molar-refractivity contribution in [3.63, 3.8) is 0 Å². The van der Waals surface area contributed by atoms with Gasteiger partial charge >= 0.3 is 12.1 Å². The summed E-state index contributed by atoms with van der Waals surface area (Å²) in [6.45, 7) is 7.57. The molecule has 56 heavy (non-hydrogen) atoms. The van der Waals surface area contributed by atoms with Gasteiger partial charge in [0.25, 0.3) is 11.8 Å². The molecule has 15 heteroatoms. The second-order valence-corrected chi connectivity index (χ2v) is 15.5. The quantitative estimate of drug-likeness (QED) is 0.169. The van der Waals surface area contributed by atoms with Gasteiger partial charge in [0.2, 0.25) is 11.8 Å². The Hall–Kier alpha value is -5.31. The number of nitrogens with one attached hydrogen (secondary N) is 4. The molecule has 4 rings (SSSR count). The minimum atomic E-state index is -1.81. The number of aliphatic hydroxyl groups excluding tert-OH is 1. The summed E-state index contributed by atoms with van der Waals surface area (Å²) >= 11 is 0. The van der Waals surface area contributed by atoms with Crippen LogP contribution in [0.15, 0.2) is 60.7 Å². The van der Waals surface area contributed by atoms with Crippen molar-refractivity contribution < 1.29 is 43.4 Å². The molecule has 5 unspecified atom stereocenters. The molecule has 2 aromatic rings. The third kappa shape index (κ3) is 12.1. The second kappa shape index (κ2) is 20.0. The van der Waals surface area contributed by atoms with Crippen LogP contribution in [0.5, 0.6) is 0 Å². The maximum atomic E-state index is 14.5. The largest absolute Gasteiger partial charge is 0.444 e. The van der Waals surface area contributed by atoms with Gasteiger partial charge in [0.05, 0.1) is 19.1 Å². The van der Waals surface area contributed by atoms with Crippen LogP contribution in [-0.2, 0) is 35.3 Å². The molecule has 0 radical (unpaired) electrons. The van der Waals surface area contributed by atoms with E-state index >= 15 is 0 Å². The molecule has 0 bridgehead atoms. The van der Waals surface area contributed by atoms with Gasteiger partial charge in [0.1, 0.15) is 23.7 Å². The van der Waals surface area contributed by atoms with Crippen molar-refractivity contribution >= 4 is 41.5 Å². The van der Waals surface area contributed by atoms with E-state index in [0.717, 1.165) is 29.7 Å². The summed E-state index contributed by atoms with van der Waals surface area (Å²) in [4.78, 5) is 96.3. The highest BCUT2D eigenvalue weighted by atomic mass is 16.6. The maximum Gasteiger partial charge on any atom is 0.408 e. The number of imide groups is 1. The van der Waals surface area contributed by atoms with Crippen LogP contribution in [0.3, 0.4) is 0 Å². The van der Waals surface area contributed by atoms with Crippen LogP contribution in [-0.4, -0.2) is 99.4 Å². The van der Waals surface area contributed by atoms with E-state index in [1.54, 1.807) is 58.0 Å². The number of benzene rings is 2. The number of nitrogens with zero attached hydrogens (tertiary/aromatic N) is 2. The molecule has 5 atom stereocenters. The Kier molecular flexibility index (Phi) is 15.5. The van der Waals surface area contributed by atoms with Gasteiger partial charge < -0.3 is 36.0 Å². The molecular weight excluding hydrogens is 720 g/mol. The SMILES string of the molecule is CCCC(NC(=O)C1CN(Cc2ccccc2)C(=O)N1C(=O)C(NC(=O)OC(C)(C)C)C1CCCCC1)C(O)C(=O)NCC(=O)NC(C(C)=O)c1ccccc1. The highest BCUT2D eigenvalue weighted by Crippen LogP contribution is 2.30. The summed E-state index contributed by atoms with van der Waals surface area (Å²) in [6.07, 6.45) is 1.81. The zero-order valence-electron chi connectivity index (χ0n) is 32.9. The first-order chi connectivity index (χ1) is 26.6. The number of carbonyl (C=O) groups is 7. The third-order valence-electron chi connectivity index (χ3n) is 9.84. The molecule has 1 aliphatic carbocycles. The fourth-order valence-corrected chi connectivity index (χ4v) is 7.10. The average molecular weight is 777 g/mol. The van der Waals surface area contributed by atoms with Crippen molar-refractivity contribution in [3.8, 4) is 0 Å². The number of Topliss-reactive ketones (excluding diaryl/α,β-unsaturated/α-hetero) is 1. The van der Waals surface area contributed by atoms with E-state index in [9.17, 15) is 38.7 Å². The van der Waals surface area contributed by atoms with Crippen LogP contribution in [0, 0.1) is 5.92 Å². The molecule has 1 heterocycles. The van der Waals surface area contributed by atoms with Gasteiger partial charge in [-0.1, -0.05) is 93.3 Å². The Morgan fingerprint density at radius 2 is 1.52 bits per heavy atom. The number of amides is 7. The minimum absolute atomic E-state index is 0.0983. The zero-order chi connectivity index (χ0) is 41.0. The predicted octanol–water partition coefficient (Wildman–Crippen LogP) is 3.50. The Morgan fingerprint density at radius 1 is 0.893 bits per heavy atom. The third-order valence-corrected chi connectivity index (χ3v) is 9.84. The van der Waals surface area contributed by atoms with Crippen molar-refractivity contribution in [2.45, 2.75) is 122 Å². The summed E-state index contributed by atoms with van der Waals surface area (Å²) in [5, 5.41) is 21.5. The van der Waals surface area contributed by atoms with E-state index < -0.39 is 78.2 Å². The lowest BCUT2D eigenvalue weighted by Crippen LogP contribution is -2.60. The number of carbonyl (C=O) groups excluding carboxylic acids is 7. The number of hydrogen-bond acceptors (Lipinski definition) is 9. The summed E-state index contributed by atoms with van der Waals surface area (Å²) in [7, 11) is 0.